The van der Waals surface area contributed by atoms with Crippen molar-refractivity contribution in [3.05, 3.63) is 58.1 Å². The molecule has 0 heterocycles. The second-order valence-corrected chi connectivity index (χ2v) is 4.10. The van der Waals surface area contributed by atoms with Crippen molar-refractivity contribution in [2.75, 3.05) is 0 Å². The van der Waals surface area contributed by atoms with E-state index < -0.39 is 0 Å². The Labute approximate surface area is 109 Å². The van der Waals surface area contributed by atoms with Crippen LogP contribution in [-0.4, -0.2) is 0 Å². The minimum absolute atomic E-state index is 0.358. The molecule has 0 bridgehead atoms. The van der Waals surface area contributed by atoms with Gasteiger partial charge in [-0.1, -0.05) is 35.3 Å². The van der Waals surface area contributed by atoms with Gasteiger partial charge in [0.1, 0.15) is 17.6 Å². The van der Waals surface area contributed by atoms with E-state index in [1.165, 1.54) is 0 Å². The number of hydrogen-bond donors (Lipinski definition) is 0. The molecule has 0 aliphatic carbocycles. The van der Waals surface area contributed by atoms with Crippen molar-refractivity contribution in [3.8, 4) is 17.6 Å². The maximum atomic E-state index is 8.75. The molecule has 84 valence electrons. The molecule has 0 saturated carbocycles. The molecule has 0 saturated heterocycles. The van der Waals surface area contributed by atoms with Crippen molar-refractivity contribution in [1.29, 1.82) is 5.26 Å². The minimum Gasteiger partial charge on any atom is -0.456 e. The van der Waals surface area contributed by atoms with Gasteiger partial charge in [-0.3, -0.25) is 0 Å². The van der Waals surface area contributed by atoms with Crippen molar-refractivity contribution < 1.29 is 4.74 Å². The Morgan fingerprint density at radius 2 is 1.76 bits per heavy atom. The van der Waals surface area contributed by atoms with E-state index in [1.54, 1.807) is 30.3 Å². The van der Waals surface area contributed by atoms with Gasteiger partial charge >= 0.3 is 0 Å². The zero-order valence-corrected chi connectivity index (χ0v) is 10.2. The summed E-state index contributed by atoms with van der Waals surface area (Å²) in [5.41, 5.74) is 0.415. The number of nitrogens with zero attached hydrogens (tertiary/aromatic N) is 1. The van der Waals surface area contributed by atoms with Crippen LogP contribution >= 0.6 is 23.2 Å². The number of rotatable bonds is 2. The van der Waals surface area contributed by atoms with E-state index in [9.17, 15) is 0 Å². The van der Waals surface area contributed by atoms with E-state index in [1.807, 2.05) is 18.2 Å². The normalized spacial score (nSPS) is 9.71. The van der Waals surface area contributed by atoms with Crippen LogP contribution in [0, 0.1) is 11.3 Å². The highest BCUT2D eigenvalue weighted by Crippen LogP contribution is 2.30. The lowest BCUT2D eigenvalue weighted by Gasteiger charge is -2.07. The van der Waals surface area contributed by atoms with Crippen LogP contribution in [0.3, 0.4) is 0 Å². The molecular weight excluding hydrogens is 257 g/mol. The van der Waals surface area contributed by atoms with Gasteiger partial charge in [0.2, 0.25) is 0 Å². The zero-order valence-electron chi connectivity index (χ0n) is 8.65. The monoisotopic (exact) mass is 263 g/mol. The number of hydrogen-bond acceptors (Lipinski definition) is 2. The van der Waals surface area contributed by atoms with Gasteiger partial charge in [-0.05, 0) is 24.3 Å². The lowest BCUT2D eigenvalue weighted by atomic mass is 10.2. The number of ether oxygens (including phenoxy) is 1. The highest BCUT2D eigenvalue weighted by atomic mass is 35.5. The summed E-state index contributed by atoms with van der Waals surface area (Å²) in [6.07, 6.45) is 0. The Hall–Kier alpha value is -1.69. The quantitative estimate of drug-likeness (QED) is 0.790. The van der Waals surface area contributed by atoms with Crippen LogP contribution in [0.1, 0.15) is 5.56 Å². The van der Waals surface area contributed by atoms with Crippen LogP contribution in [0.25, 0.3) is 0 Å². The average Bonchev–Trinajstić information content (AvgIpc) is 2.32. The summed E-state index contributed by atoms with van der Waals surface area (Å²) in [4.78, 5) is 0. The van der Waals surface area contributed by atoms with Gasteiger partial charge in [-0.2, -0.15) is 5.26 Å². The van der Waals surface area contributed by atoms with E-state index in [2.05, 4.69) is 0 Å². The smallest absolute Gasteiger partial charge is 0.146 e. The first kappa shape index (κ1) is 11.8. The standard InChI is InChI=1S/C13H7Cl2NO/c14-11-3-1-2-4-13(11)17-10-6-5-9(8-16)12(15)7-10/h1-7H. The summed E-state index contributed by atoms with van der Waals surface area (Å²) < 4.78 is 5.56. The molecule has 0 unspecified atom stereocenters. The molecule has 0 fully saturated rings. The summed E-state index contributed by atoms with van der Waals surface area (Å²) in [7, 11) is 0. The van der Waals surface area contributed by atoms with E-state index in [-0.39, 0.29) is 0 Å². The van der Waals surface area contributed by atoms with E-state index in [0.29, 0.717) is 27.1 Å². The molecule has 0 atom stereocenters. The summed E-state index contributed by atoms with van der Waals surface area (Å²) in [6.45, 7) is 0. The molecule has 2 nitrogen and oxygen atoms in total. The first-order chi connectivity index (χ1) is 8.20. The highest BCUT2D eigenvalue weighted by Gasteiger charge is 2.05. The largest absolute Gasteiger partial charge is 0.456 e. The second kappa shape index (κ2) is 5.09. The van der Waals surface area contributed by atoms with Gasteiger partial charge < -0.3 is 4.74 Å². The van der Waals surface area contributed by atoms with Gasteiger partial charge in [-0.25, -0.2) is 0 Å². The van der Waals surface area contributed by atoms with Crippen LogP contribution in [-0.2, 0) is 0 Å². The maximum absolute atomic E-state index is 8.75. The predicted molar refractivity (Wildman–Crippen MR) is 67.7 cm³/mol. The molecule has 2 rings (SSSR count). The van der Waals surface area contributed by atoms with Crippen LogP contribution < -0.4 is 4.74 Å². The molecule has 17 heavy (non-hydrogen) atoms. The van der Waals surface area contributed by atoms with Crippen LogP contribution in [0.2, 0.25) is 10.0 Å². The molecule has 2 aromatic carbocycles. The third-order valence-corrected chi connectivity index (χ3v) is 2.75. The molecular formula is C13H7Cl2NO. The van der Waals surface area contributed by atoms with E-state index in [4.69, 9.17) is 33.2 Å². The van der Waals surface area contributed by atoms with E-state index in [0.717, 1.165) is 0 Å². The highest BCUT2D eigenvalue weighted by molar-refractivity contribution is 6.32. The number of halogens is 2. The number of benzene rings is 2. The molecule has 0 aliphatic heterocycles. The Balaban J connectivity index is 2.29. The summed E-state index contributed by atoms with van der Waals surface area (Å²) in [5.74, 6) is 1.09. The third kappa shape index (κ3) is 2.71. The van der Waals surface area contributed by atoms with Crippen molar-refractivity contribution in [3.63, 3.8) is 0 Å². The van der Waals surface area contributed by atoms with Gasteiger partial charge in [0.05, 0.1) is 15.6 Å². The van der Waals surface area contributed by atoms with Gasteiger partial charge in [0.15, 0.2) is 0 Å². The minimum atomic E-state index is 0.358. The predicted octanol–water partition coefficient (Wildman–Crippen LogP) is 4.66. The molecule has 0 radical (unpaired) electrons. The van der Waals surface area contributed by atoms with Crippen LogP contribution in [0.15, 0.2) is 42.5 Å². The Morgan fingerprint density at radius 1 is 1.00 bits per heavy atom. The Kier molecular flexibility index (Phi) is 3.53. The van der Waals surface area contributed by atoms with Crippen LogP contribution in [0.5, 0.6) is 11.5 Å². The summed E-state index contributed by atoms with van der Waals surface area (Å²) in [6, 6.07) is 14.0. The van der Waals surface area contributed by atoms with Gasteiger partial charge in [-0.15, -0.1) is 0 Å². The average molecular weight is 264 g/mol. The SMILES string of the molecule is N#Cc1ccc(Oc2ccccc2Cl)cc1Cl. The Bertz CT molecular complexity index is 590. The third-order valence-electron chi connectivity index (χ3n) is 2.13. The lowest BCUT2D eigenvalue weighted by molar-refractivity contribution is 0.483. The van der Waals surface area contributed by atoms with E-state index >= 15 is 0 Å². The molecule has 0 N–H and O–H groups in total. The fraction of sp³-hybridized carbons (Fsp3) is 0. The van der Waals surface area contributed by atoms with Gasteiger partial charge in [0, 0.05) is 6.07 Å². The van der Waals surface area contributed by atoms with Crippen molar-refractivity contribution >= 4 is 23.2 Å². The molecule has 0 aliphatic rings. The van der Waals surface area contributed by atoms with Crippen molar-refractivity contribution in [2.24, 2.45) is 0 Å². The van der Waals surface area contributed by atoms with Crippen molar-refractivity contribution in [2.45, 2.75) is 0 Å². The fourth-order valence-electron chi connectivity index (χ4n) is 1.30. The number of nitriles is 1. The summed E-state index contributed by atoms with van der Waals surface area (Å²) >= 11 is 11.9. The topological polar surface area (TPSA) is 33.0 Å². The zero-order chi connectivity index (χ0) is 12.3. The summed E-state index contributed by atoms with van der Waals surface area (Å²) in [5, 5.41) is 9.63. The molecule has 4 heteroatoms. The Morgan fingerprint density at radius 3 is 2.41 bits per heavy atom. The maximum Gasteiger partial charge on any atom is 0.146 e. The first-order valence-corrected chi connectivity index (χ1v) is 5.58. The first-order valence-electron chi connectivity index (χ1n) is 4.83. The fourth-order valence-corrected chi connectivity index (χ4v) is 1.69. The number of para-hydroxylation sites is 1. The molecule has 0 aromatic heterocycles. The molecule has 2 aromatic rings. The van der Waals surface area contributed by atoms with Gasteiger partial charge in [0.25, 0.3) is 0 Å². The lowest BCUT2D eigenvalue weighted by Crippen LogP contribution is -1.86. The molecule has 0 spiro atoms. The van der Waals surface area contributed by atoms with Crippen LogP contribution in [0.4, 0.5) is 0 Å². The molecule has 0 amide bonds. The van der Waals surface area contributed by atoms with Crippen molar-refractivity contribution in [1.82, 2.24) is 0 Å². The second-order valence-electron chi connectivity index (χ2n) is 3.29.